The van der Waals surface area contributed by atoms with Gasteiger partial charge in [0, 0.05) is 11.3 Å². The molecule has 0 aliphatic heterocycles. The first-order chi connectivity index (χ1) is 13.5. The van der Waals surface area contributed by atoms with Crippen LogP contribution >= 0.6 is 0 Å². The molecule has 0 bridgehead atoms. The van der Waals surface area contributed by atoms with Gasteiger partial charge in [0.1, 0.15) is 5.75 Å². The van der Waals surface area contributed by atoms with E-state index in [2.05, 4.69) is 19.2 Å². The van der Waals surface area contributed by atoms with Gasteiger partial charge in [0.2, 0.25) is 0 Å². The van der Waals surface area contributed by atoms with Crippen LogP contribution in [0.1, 0.15) is 55.6 Å². The van der Waals surface area contributed by atoms with Crippen LogP contribution in [0.3, 0.4) is 0 Å². The van der Waals surface area contributed by atoms with Gasteiger partial charge in [-0.2, -0.15) is 0 Å². The van der Waals surface area contributed by atoms with Crippen LogP contribution in [0.15, 0.2) is 42.5 Å². The molecule has 0 saturated heterocycles. The van der Waals surface area contributed by atoms with Gasteiger partial charge >= 0.3 is 5.97 Å². The number of hydrogen-bond donors (Lipinski definition) is 1. The molecule has 2 rings (SSSR count). The number of aryl methyl sites for hydroxylation is 2. The third-order valence-electron chi connectivity index (χ3n) is 4.62. The average Bonchev–Trinajstić information content (AvgIpc) is 2.72. The monoisotopic (exact) mass is 383 g/mol. The fourth-order valence-corrected chi connectivity index (χ4v) is 2.78. The zero-order chi connectivity index (χ0) is 20.5. The topological polar surface area (TPSA) is 64.6 Å². The Bertz CT molecular complexity index is 776. The van der Waals surface area contributed by atoms with E-state index in [9.17, 15) is 9.59 Å². The molecule has 0 fully saturated rings. The zero-order valence-electron chi connectivity index (χ0n) is 17.1. The van der Waals surface area contributed by atoms with Gasteiger partial charge in [0.15, 0.2) is 6.61 Å². The Kier molecular flexibility index (Phi) is 8.05. The lowest BCUT2D eigenvalue weighted by Gasteiger charge is -2.15. The van der Waals surface area contributed by atoms with Gasteiger partial charge in [0.05, 0.1) is 6.10 Å². The first kappa shape index (κ1) is 21.5. The van der Waals surface area contributed by atoms with E-state index in [-0.39, 0.29) is 18.6 Å². The molecule has 0 aromatic heterocycles. The molecule has 1 amide bonds. The van der Waals surface area contributed by atoms with Crippen LogP contribution in [0.5, 0.6) is 5.75 Å². The maximum absolute atomic E-state index is 12.7. The third-order valence-corrected chi connectivity index (χ3v) is 4.62. The lowest BCUT2D eigenvalue weighted by molar-refractivity contribution is -0.150. The molecular formula is C23H29NO4. The minimum absolute atomic E-state index is 0.124. The molecule has 0 radical (unpaired) electrons. The smallest absolute Gasteiger partial charge is 0.344 e. The number of carbonyl (C=O) groups excluding carboxylic acids is 2. The van der Waals surface area contributed by atoms with Gasteiger partial charge in [-0.25, -0.2) is 4.79 Å². The van der Waals surface area contributed by atoms with E-state index >= 15 is 0 Å². The van der Waals surface area contributed by atoms with Crippen molar-refractivity contribution in [2.24, 2.45) is 0 Å². The highest BCUT2D eigenvalue weighted by atomic mass is 16.6. The molecule has 0 aliphatic carbocycles. The normalized spacial score (nSPS) is 11.6. The average molecular weight is 383 g/mol. The number of anilines is 1. The van der Waals surface area contributed by atoms with Crippen molar-refractivity contribution < 1.29 is 19.1 Å². The summed E-state index contributed by atoms with van der Waals surface area (Å²) in [6.45, 7) is 7.78. The Morgan fingerprint density at radius 2 is 1.57 bits per heavy atom. The van der Waals surface area contributed by atoms with Crippen molar-refractivity contribution in [1.29, 1.82) is 0 Å². The summed E-state index contributed by atoms with van der Waals surface area (Å²) in [7, 11) is 0. The van der Waals surface area contributed by atoms with E-state index in [1.807, 2.05) is 32.0 Å². The molecule has 0 aliphatic rings. The summed E-state index contributed by atoms with van der Waals surface area (Å²) in [6.07, 6.45) is 2.34. The Labute approximate surface area is 167 Å². The van der Waals surface area contributed by atoms with Gasteiger partial charge in [-0.15, -0.1) is 0 Å². The molecule has 0 spiro atoms. The standard InChI is InChI=1S/C23H29NO4/c1-5-16(4)28-21(25)15-27-20-13-11-19(12-14-20)23(26)24-22-17(6-2)9-8-10-18(22)7-3/h8-14,16H,5-7,15H2,1-4H3,(H,24,26). The number of amides is 1. The highest BCUT2D eigenvalue weighted by Crippen LogP contribution is 2.23. The molecular weight excluding hydrogens is 354 g/mol. The van der Waals surface area contributed by atoms with Crippen molar-refractivity contribution in [2.45, 2.75) is 53.1 Å². The fourth-order valence-electron chi connectivity index (χ4n) is 2.78. The van der Waals surface area contributed by atoms with Gasteiger partial charge in [-0.05, 0) is 61.6 Å². The van der Waals surface area contributed by atoms with Crippen molar-refractivity contribution >= 4 is 17.6 Å². The molecule has 0 saturated carbocycles. The van der Waals surface area contributed by atoms with E-state index in [1.165, 1.54) is 0 Å². The van der Waals surface area contributed by atoms with Gasteiger partial charge in [-0.1, -0.05) is 39.0 Å². The lowest BCUT2D eigenvalue weighted by atomic mass is 10.0. The summed E-state index contributed by atoms with van der Waals surface area (Å²) >= 11 is 0. The fraction of sp³-hybridized carbons (Fsp3) is 0.391. The van der Waals surface area contributed by atoms with E-state index in [0.717, 1.165) is 36.1 Å². The molecule has 150 valence electrons. The predicted molar refractivity (Wildman–Crippen MR) is 111 cm³/mol. The van der Waals surface area contributed by atoms with Gasteiger partial charge in [0.25, 0.3) is 5.91 Å². The molecule has 5 nitrogen and oxygen atoms in total. The summed E-state index contributed by atoms with van der Waals surface area (Å²) in [4.78, 5) is 24.3. The van der Waals surface area contributed by atoms with Crippen LogP contribution in [0.4, 0.5) is 5.69 Å². The molecule has 0 heterocycles. The van der Waals surface area contributed by atoms with Gasteiger partial charge in [-0.3, -0.25) is 4.79 Å². The summed E-state index contributed by atoms with van der Waals surface area (Å²) in [5.74, 6) is -0.0568. The molecule has 2 aromatic rings. The minimum atomic E-state index is -0.403. The van der Waals surface area contributed by atoms with E-state index in [0.29, 0.717) is 11.3 Å². The zero-order valence-corrected chi connectivity index (χ0v) is 17.1. The van der Waals surface area contributed by atoms with Crippen molar-refractivity contribution in [3.63, 3.8) is 0 Å². The number of hydrogen-bond acceptors (Lipinski definition) is 4. The Morgan fingerprint density at radius 3 is 2.11 bits per heavy atom. The summed E-state index contributed by atoms with van der Waals surface area (Å²) in [5.41, 5.74) is 3.66. The van der Waals surface area contributed by atoms with Crippen LogP contribution in [-0.2, 0) is 22.4 Å². The van der Waals surface area contributed by atoms with Crippen LogP contribution in [0.2, 0.25) is 0 Å². The number of carbonyl (C=O) groups is 2. The highest BCUT2D eigenvalue weighted by Gasteiger charge is 2.13. The lowest BCUT2D eigenvalue weighted by Crippen LogP contribution is -2.20. The molecule has 1 unspecified atom stereocenters. The maximum Gasteiger partial charge on any atom is 0.344 e. The largest absolute Gasteiger partial charge is 0.482 e. The first-order valence-electron chi connectivity index (χ1n) is 9.82. The summed E-state index contributed by atoms with van der Waals surface area (Å²) < 4.78 is 10.6. The third kappa shape index (κ3) is 5.84. The van der Waals surface area contributed by atoms with Crippen LogP contribution in [0.25, 0.3) is 0 Å². The molecule has 28 heavy (non-hydrogen) atoms. The highest BCUT2D eigenvalue weighted by molar-refractivity contribution is 6.05. The van der Waals surface area contributed by atoms with E-state index in [4.69, 9.17) is 9.47 Å². The number of esters is 1. The molecule has 5 heteroatoms. The molecule has 1 N–H and O–H groups in total. The Balaban J connectivity index is 2.00. The number of nitrogens with one attached hydrogen (secondary N) is 1. The molecule has 1 atom stereocenters. The Hall–Kier alpha value is -2.82. The molecule has 2 aromatic carbocycles. The van der Waals surface area contributed by atoms with Crippen LogP contribution in [0, 0.1) is 0 Å². The number of ether oxygens (including phenoxy) is 2. The minimum Gasteiger partial charge on any atom is -0.482 e. The van der Waals surface area contributed by atoms with Gasteiger partial charge < -0.3 is 14.8 Å². The SMILES string of the molecule is CCc1cccc(CC)c1NC(=O)c1ccc(OCC(=O)OC(C)CC)cc1. The maximum atomic E-state index is 12.7. The summed E-state index contributed by atoms with van der Waals surface area (Å²) in [6, 6.07) is 12.8. The Morgan fingerprint density at radius 1 is 0.964 bits per heavy atom. The second kappa shape index (κ2) is 10.5. The number of rotatable bonds is 9. The second-order valence-corrected chi connectivity index (χ2v) is 6.63. The van der Waals surface area contributed by atoms with Crippen molar-refractivity contribution in [3.05, 3.63) is 59.2 Å². The van der Waals surface area contributed by atoms with Crippen molar-refractivity contribution in [2.75, 3.05) is 11.9 Å². The number of benzene rings is 2. The van der Waals surface area contributed by atoms with E-state index in [1.54, 1.807) is 24.3 Å². The van der Waals surface area contributed by atoms with E-state index < -0.39 is 5.97 Å². The first-order valence-corrected chi connectivity index (χ1v) is 9.82. The van der Waals surface area contributed by atoms with Crippen molar-refractivity contribution in [3.8, 4) is 5.75 Å². The second-order valence-electron chi connectivity index (χ2n) is 6.63. The number of para-hydroxylation sites is 1. The quantitative estimate of drug-likeness (QED) is 0.633. The van der Waals surface area contributed by atoms with Crippen LogP contribution < -0.4 is 10.1 Å². The van der Waals surface area contributed by atoms with Crippen LogP contribution in [-0.4, -0.2) is 24.6 Å². The summed E-state index contributed by atoms with van der Waals surface area (Å²) in [5, 5.41) is 3.04. The van der Waals surface area contributed by atoms with Crippen molar-refractivity contribution in [1.82, 2.24) is 0 Å². The predicted octanol–water partition coefficient (Wildman–Crippen LogP) is 4.78.